The zero-order chi connectivity index (χ0) is 16.5. The number of amides is 2. The van der Waals surface area contributed by atoms with Gasteiger partial charge in [-0.3, -0.25) is 0 Å². The van der Waals surface area contributed by atoms with Crippen molar-refractivity contribution in [3.05, 3.63) is 65.7 Å². The van der Waals surface area contributed by atoms with E-state index in [9.17, 15) is 9.90 Å². The standard InChI is InChI=1S/C19H24N2O2/c1-2-8-17-11-6-7-12-18(17)20-19(23)21(13-14-22)15-16-9-4-3-5-10-16/h3-7,9-12,22H,2,8,13-15H2,1H3,(H,20,23). The smallest absolute Gasteiger partial charge is 0.322 e. The summed E-state index contributed by atoms with van der Waals surface area (Å²) < 4.78 is 0. The number of carbonyl (C=O) groups is 1. The van der Waals surface area contributed by atoms with Gasteiger partial charge in [0.1, 0.15) is 0 Å². The van der Waals surface area contributed by atoms with Crippen LogP contribution in [-0.4, -0.2) is 29.2 Å². The highest BCUT2D eigenvalue weighted by Crippen LogP contribution is 2.18. The van der Waals surface area contributed by atoms with Crippen LogP contribution in [0.2, 0.25) is 0 Å². The van der Waals surface area contributed by atoms with Crippen LogP contribution in [0.4, 0.5) is 10.5 Å². The average molecular weight is 312 g/mol. The summed E-state index contributed by atoms with van der Waals surface area (Å²) in [5, 5.41) is 12.2. The molecule has 0 fully saturated rings. The van der Waals surface area contributed by atoms with E-state index < -0.39 is 0 Å². The number of aliphatic hydroxyl groups is 1. The number of rotatable bonds is 7. The Kier molecular flexibility index (Phi) is 6.63. The zero-order valence-corrected chi connectivity index (χ0v) is 13.5. The number of hydrogen-bond donors (Lipinski definition) is 2. The van der Waals surface area contributed by atoms with Crippen molar-refractivity contribution in [3.8, 4) is 0 Å². The highest BCUT2D eigenvalue weighted by Gasteiger charge is 2.14. The number of aryl methyl sites for hydroxylation is 1. The first kappa shape index (κ1) is 17.0. The molecule has 0 spiro atoms. The van der Waals surface area contributed by atoms with Crippen LogP contribution >= 0.6 is 0 Å². The van der Waals surface area contributed by atoms with Crippen molar-refractivity contribution in [3.63, 3.8) is 0 Å². The van der Waals surface area contributed by atoms with E-state index in [2.05, 4.69) is 12.2 Å². The molecule has 0 bridgehead atoms. The summed E-state index contributed by atoms with van der Waals surface area (Å²) in [6, 6.07) is 17.5. The van der Waals surface area contributed by atoms with Crippen LogP contribution in [0, 0.1) is 0 Å². The zero-order valence-electron chi connectivity index (χ0n) is 13.5. The second-order valence-electron chi connectivity index (χ2n) is 5.47. The van der Waals surface area contributed by atoms with Gasteiger partial charge >= 0.3 is 6.03 Å². The fraction of sp³-hybridized carbons (Fsp3) is 0.316. The molecule has 0 aliphatic heterocycles. The minimum absolute atomic E-state index is 0.0587. The van der Waals surface area contributed by atoms with Crippen LogP contribution in [0.25, 0.3) is 0 Å². The SMILES string of the molecule is CCCc1ccccc1NC(=O)N(CCO)Cc1ccccc1. The molecule has 0 saturated carbocycles. The number of benzene rings is 2. The van der Waals surface area contributed by atoms with Gasteiger partial charge in [0, 0.05) is 18.8 Å². The highest BCUT2D eigenvalue weighted by atomic mass is 16.3. The lowest BCUT2D eigenvalue weighted by atomic mass is 10.1. The van der Waals surface area contributed by atoms with Crippen molar-refractivity contribution in [2.24, 2.45) is 0 Å². The number of carbonyl (C=O) groups excluding carboxylic acids is 1. The number of anilines is 1. The van der Waals surface area contributed by atoms with E-state index in [1.165, 1.54) is 0 Å². The van der Waals surface area contributed by atoms with Gasteiger partial charge in [0.2, 0.25) is 0 Å². The second kappa shape index (κ2) is 8.96. The van der Waals surface area contributed by atoms with E-state index in [1.54, 1.807) is 4.90 Å². The van der Waals surface area contributed by atoms with E-state index in [0.29, 0.717) is 13.1 Å². The van der Waals surface area contributed by atoms with E-state index in [4.69, 9.17) is 0 Å². The quantitative estimate of drug-likeness (QED) is 0.819. The molecular formula is C19H24N2O2. The van der Waals surface area contributed by atoms with Crippen LogP contribution in [0.3, 0.4) is 0 Å². The predicted molar refractivity (Wildman–Crippen MR) is 93.4 cm³/mol. The molecule has 0 heterocycles. The summed E-state index contributed by atoms with van der Waals surface area (Å²) in [6.45, 7) is 2.84. The molecule has 2 amide bonds. The largest absolute Gasteiger partial charge is 0.395 e. The van der Waals surface area contributed by atoms with E-state index in [-0.39, 0.29) is 12.6 Å². The lowest BCUT2D eigenvalue weighted by Crippen LogP contribution is -2.36. The fourth-order valence-electron chi connectivity index (χ4n) is 2.50. The molecule has 0 unspecified atom stereocenters. The first-order valence-electron chi connectivity index (χ1n) is 8.03. The van der Waals surface area contributed by atoms with Gasteiger partial charge in [-0.15, -0.1) is 0 Å². The Balaban J connectivity index is 2.09. The van der Waals surface area contributed by atoms with E-state index >= 15 is 0 Å². The van der Waals surface area contributed by atoms with Gasteiger partial charge in [-0.1, -0.05) is 61.9 Å². The van der Waals surface area contributed by atoms with E-state index in [0.717, 1.165) is 29.7 Å². The Morgan fingerprint density at radius 2 is 1.78 bits per heavy atom. The molecule has 2 aromatic carbocycles. The Bertz CT molecular complexity index is 614. The molecule has 0 aliphatic rings. The Morgan fingerprint density at radius 3 is 2.48 bits per heavy atom. The number of hydrogen-bond acceptors (Lipinski definition) is 2. The van der Waals surface area contributed by atoms with Crippen LogP contribution in [0.15, 0.2) is 54.6 Å². The molecule has 122 valence electrons. The highest BCUT2D eigenvalue weighted by molar-refractivity contribution is 5.90. The maximum Gasteiger partial charge on any atom is 0.322 e. The van der Waals surface area contributed by atoms with E-state index in [1.807, 2.05) is 54.6 Å². The Hall–Kier alpha value is -2.33. The summed E-state index contributed by atoms with van der Waals surface area (Å²) in [6.07, 6.45) is 1.95. The number of aliphatic hydroxyl groups excluding tert-OH is 1. The van der Waals surface area contributed by atoms with Gasteiger partial charge in [0.05, 0.1) is 6.61 Å². The topological polar surface area (TPSA) is 52.6 Å². The maximum absolute atomic E-state index is 12.6. The van der Waals surface area contributed by atoms with Crippen molar-refractivity contribution in [2.45, 2.75) is 26.3 Å². The van der Waals surface area contributed by atoms with Crippen molar-refractivity contribution >= 4 is 11.7 Å². The molecule has 2 N–H and O–H groups in total. The van der Waals surface area contributed by atoms with Crippen LogP contribution in [0.5, 0.6) is 0 Å². The third kappa shape index (κ3) is 5.11. The number of nitrogens with zero attached hydrogens (tertiary/aromatic N) is 1. The predicted octanol–water partition coefficient (Wildman–Crippen LogP) is 3.67. The molecule has 0 aliphatic carbocycles. The van der Waals surface area contributed by atoms with Gasteiger partial charge in [-0.25, -0.2) is 4.79 Å². The molecule has 0 saturated heterocycles. The molecule has 4 nitrogen and oxygen atoms in total. The number of nitrogens with one attached hydrogen (secondary N) is 1. The summed E-state index contributed by atoms with van der Waals surface area (Å²) in [7, 11) is 0. The third-order valence-corrected chi connectivity index (χ3v) is 3.65. The minimum Gasteiger partial charge on any atom is -0.395 e. The Labute approximate surface area is 137 Å². The fourth-order valence-corrected chi connectivity index (χ4v) is 2.50. The molecule has 23 heavy (non-hydrogen) atoms. The summed E-state index contributed by atoms with van der Waals surface area (Å²) in [5.41, 5.74) is 3.01. The second-order valence-corrected chi connectivity index (χ2v) is 5.47. The van der Waals surface area contributed by atoms with Crippen molar-refractivity contribution in [2.75, 3.05) is 18.5 Å². The summed E-state index contributed by atoms with van der Waals surface area (Å²) in [4.78, 5) is 14.2. The van der Waals surface area contributed by atoms with Crippen molar-refractivity contribution in [1.29, 1.82) is 0 Å². The average Bonchev–Trinajstić information content (AvgIpc) is 2.57. The first-order chi connectivity index (χ1) is 11.2. The lowest BCUT2D eigenvalue weighted by Gasteiger charge is -2.23. The van der Waals surface area contributed by atoms with Crippen LogP contribution in [-0.2, 0) is 13.0 Å². The van der Waals surface area contributed by atoms with Crippen LogP contribution < -0.4 is 5.32 Å². The molecule has 2 aromatic rings. The third-order valence-electron chi connectivity index (χ3n) is 3.65. The number of para-hydroxylation sites is 1. The summed E-state index contributed by atoms with van der Waals surface area (Å²) >= 11 is 0. The molecular weight excluding hydrogens is 288 g/mol. The van der Waals surface area contributed by atoms with Gasteiger partial charge in [0.15, 0.2) is 0 Å². The molecule has 0 atom stereocenters. The summed E-state index contributed by atoms with van der Waals surface area (Å²) in [5.74, 6) is 0. The molecule has 4 heteroatoms. The molecule has 0 aromatic heterocycles. The lowest BCUT2D eigenvalue weighted by molar-refractivity contribution is 0.185. The van der Waals surface area contributed by atoms with Gasteiger partial charge in [0.25, 0.3) is 0 Å². The molecule has 2 rings (SSSR count). The van der Waals surface area contributed by atoms with Gasteiger partial charge < -0.3 is 15.3 Å². The first-order valence-corrected chi connectivity index (χ1v) is 8.03. The van der Waals surface area contributed by atoms with Gasteiger partial charge in [-0.05, 0) is 23.6 Å². The monoisotopic (exact) mass is 312 g/mol. The van der Waals surface area contributed by atoms with Gasteiger partial charge in [-0.2, -0.15) is 0 Å². The number of urea groups is 1. The van der Waals surface area contributed by atoms with Crippen LogP contribution in [0.1, 0.15) is 24.5 Å². The van der Waals surface area contributed by atoms with Crippen molar-refractivity contribution in [1.82, 2.24) is 4.90 Å². The molecule has 0 radical (unpaired) electrons. The maximum atomic E-state index is 12.6. The minimum atomic E-state index is -0.188. The normalized spacial score (nSPS) is 10.3. The Morgan fingerprint density at radius 1 is 1.09 bits per heavy atom. The van der Waals surface area contributed by atoms with Crippen molar-refractivity contribution < 1.29 is 9.90 Å².